The van der Waals surface area contributed by atoms with Crippen LogP contribution in [0, 0.1) is 11.8 Å². The lowest BCUT2D eigenvalue weighted by atomic mass is 10.1. The molecule has 1 aliphatic carbocycles. The van der Waals surface area contributed by atoms with E-state index in [0.29, 0.717) is 23.9 Å². The van der Waals surface area contributed by atoms with Crippen molar-refractivity contribution in [2.24, 2.45) is 11.8 Å². The van der Waals surface area contributed by atoms with Gasteiger partial charge < -0.3 is 15.0 Å². The molecule has 0 spiro atoms. The van der Waals surface area contributed by atoms with E-state index in [0.717, 1.165) is 13.1 Å². The fourth-order valence-corrected chi connectivity index (χ4v) is 3.72. The third-order valence-corrected chi connectivity index (χ3v) is 5.06. The molecule has 23 heavy (non-hydrogen) atoms. The molecule has 1 N–H and O–H groups in total. The minimum absolute atomic E-state index is 0.146. The molecule has 3 atom stereocenters. The summed E-state index contributed by atoms with van der Waals surface area (Å²) in [6.45, 7) is 12.1. The number of piperidine rings is 1. The molecule has 1 heterocycles. The highest BCUT2D eigenvalue weighted by molar-refractivity contribution is 5.69. The van der Waals surface area contributed by atoms with E-state index in [2.05, 4.69) is 19.2 Å². The number of hydrogen-bond donors (Lipinski definition) is 1. The smallest absolute Gasteiger partial charge is 0.410 e. The van der Waals surface area contributed by atoms with Crippen molar-refractivity contribution in [3.63, 3.8) is 0 Å². The minimum atomic E-state index is -0.395. The Hall–Kier alpha value is -0.770. The molecule has 3 unspecified atom stereocenters. The Bertz CT molecular complexity index is 379. The van der Waals surface area contributed by atoms with Crippen LogP contribution < -0.4 is 5.32 Å². The van der Waals surface area contributed by atoms with Gasteiger partial charge in [-0.15, -0.1) is 0 Å². The third kappa shape index (κ3) is 5.66. The Morgan fingerprint density at radius 1 is 1.17 bits per heavy atom. The highest BCUT2D eigenvalue weighted by Gasteiger charge is 2.57. The van der Waals surface area contributed by atoms with Gasteiger partial charge in [-0.2, -0.15) is 0 Å². The number of fused-ring (bicyclic) bond motifs is 1. The summed E-state index contributed by atoms with van der Waals surface area (Å²) in [5.74, 6) is 1.29. The lowest BCUT2D eigenvalue weighted by Gasteiger charge is -2.26. The molecule has 2 fully saturated rings. The predicted octanol–water partition coefficient (Wildman–Crippen LogP) is 4.19. The molecule has 1 saturated heterocycles. The van der Waals surface area contributed by atoms with Crippen molar-refractivity contribution >= 4 is 6.09 Å². The number of carbonyl (C=O) groups excluding carboxylic acids is 1. The first kappa shape index (κ1) is 18.6. The lowest BCUT2D eigenvalue weighted by Crippen LogP contribution is -2.40. The molecule has 134 valence electrons. The topological polar surface area (TPSA) is 41.6 Å². The molecule has 4 heteroatoms. The Balaban J connectivity index is 1.59. The van der Waals surface area contributed by atoms with Crippen molar-refractivity contribution in [1.82, 2.24) is 10.2 Å². The molecule has 0 bridgehead atoms. The second-order valence-corrected chi connectivity index (χ2v) is 8.51. The van der Waals surface area contributed by atoms with Gasteiger partial charge in [-0.25, -0.2) is 4.79 Å². The van der Waals surface area contributed by atoms with Gasteiger partial charge in [0, 0.05) is 25.2 Å². The molecule has 0 radical (unpaired) electrons. The number of ether oxygens (including phenoxy) is 1. The number of unbranched alkanes of at least 4 members (excludes halogenated alkanes) is 4. The van der Waals surface area contributed by atoms with Gasteiger partial charge in [0.25, 0.3) is 0 Å². The van der Waals surface area contributed by atoms with E-state index in [1.807, 2.05) is 25.7 Å². The maximum Gasteiger partial charge on any atom is 0.410 e. The molecule has 2 rings (SSSR count). The van der Waals surface area contributed by atoms with Crippen LogP contribution in [0.4, 0.5) is 4.79 Å². The zero-order valence-electron chi connectivity index (χ0n) is 15.7. The normalized spacial score (nSPS) is 27.7. The zero-order chi connectivity index (χ0) is 17.0. The SMILES string of the molecule is CCCCCCCC(C)NC1C2CN(C(=O)OC(C)(C)C)CC21. The van der Waals surface area contributed by atoms with Gasteiger partial charge in [-0.1, -0.05) is 39.0 Å². The van der Waals surface area contributed by atoms with E-state index >= 15 is 0 Å². The standard InChI is InChI=1S/C19H36N2O2/c1-6-7-8-9-10-11-14(2)20-17-15-12-21(13-16(15)17)18(22)23-19(3,4)5/h14-17,20H,6-13H2,1-5H3. The van der Waals surface area contributed by atoms with Gasteiger partial charge in [0.15, 0.2) is 0 Å². The average molecular weight is 325 g/mol. The van der Waals surface area contributed by atoms with E-state index in [4.69, 9.17) is 4.74 Å². The first-order valence-electron chi connectivity index (χ1n) is 9.55. The molecule has 0 aromatic carbocycles. The second kappa shape index (κ2) is 7.87. The van der Waals surface area contributed by atoms with E-state index < -0.39 is 5.60 Å². The van der Waals surface area contributed by atoms with Crippen molar-refractivity contribution < 1.29 is 9.53 Å². The summed E-state index contributed by atoms with van der Waals surface area (Å²) in [6.07, 6.45) is 7.89. The monoisotopic (exact) mass is 324 g/mol. The van der Waals surface area contributed by atoms with Crippen LogP contribution in [0.25, 0.3) is 0 Å². The fourth-order valence-electron chi connectivity index (χ4n) is 3.72. The quantitative estimate of drug-likeness (QED) is 0.681. The summed E-state index contributed by atoms with van der Waals surface area (Å²) in [5.41, 5.74) is -0.395. The summed E-state index contributed by atoms with van der Waals surface area (Å²) >= 11 is 0. The van der Waals surface area contributed by atoms with Crippen LogP contribution in [0.3, 0.4) is 0 Å². The van der Waals surface area contributed by atoms with Crippen molar-refractivity contribution in [1.29, 1.82) is 0 Å². The summed E-state index contributed by atoms with van der Waals surface area (Å²) in [4.78, 5) is 13.9. The predicted molar refractivity (Wildman–Crippen MR) is 94.5 cm³/mol. The number of likely N-dealkylation sites (tertiary alicyclic amines) is 1. The van der Waals surface area contributed by atoms with Crippen molar-refractivity contribution in [2.75, 3.05) is 13.1 Å². The van der Waals surface area contributed by atoms with Gasteiger partial charge in [0.05, 0.1) is 0 Å². The maximum atomic E-state index is 12.1. The summed E-state index contributed by atoms with van der Waals surface area (Å²) < 4.78 is 5.46. The van der Waals surface area contributed by atoms with E-state index in [-0.39, 0.29) is 6.09 Å². The molecule has 1 amide bonds. The molecule has 1 saturated carbocycles. The number of hydrogen-bond acceptors (Lipinski definition) is 3. The van der Waals surface area contributed by atoms with Crippen molar-refractivity contribution in [3.05, 3.63) is 0 Å². The average Bonchev–Trinajstić information content (AvgIpc) is 2.89. The Morgan fingerprint density at radius 2 is 1.78 bits per heavy atom. The number of nitrogens with zero attached hydrogens (tertiary/aromatic N) is 1. The highest BCUT2D eigenvalue weighted by atomic mass is 16.6. The molecule has 1 aliphatic heterocycles. The molecule has 0 aromatic heterocycles. The van der Waals surface area contributed by atoms with Crippen molar-refractivity contribution in [2.45, 2.75) is 90.8 Å². The minimum Gasteiger partial charge on any atom is -0.444 e. The van der Waals surface area contributed by atoms with Gasteiger partial charge in [0.1, 0.15) is 5.60 Å². The lowest BCUT2D eigenvalue weighted by molar-refractivity contribution is 0.0268. The number of rotatable bonds is 8. The molecule has 2 aliphatic rings. The molecule has 0 aromatic rings. The first-order chi connectivity index (χ1) is 10.8. The largest absolute Gasteiger partial charge is 0.444 e. The van der Waals surface area contributed by atoms with Crippen molar-refractivity contribution in [3.8, 4) is 0 Å². The molecule has 4 nitrogen and oxygen atoms in total. The number of nitrogens with one attached hydrogen (secondary N) is 1. The number of amides is 1. The summed E-state index contributed by atoms with van der Waals surface area (Å²) in [7, 11) is 0. The van der Waals surface area contributed by atoms with Crippen LogP contribution in [0.2, 0.25) is 0 Å². The Morgan fingerprint density at radius 3 is 2.35 bits per heavy atom. The second-order valence-electron chi connectivity index (χ2n) is 8.51. The maximum absolute atomic E-state index is 12.1. The van der Waals surface area contributed by atoms with Crippen LogP contribution in [-0.2, 0) is 4.74 Å². The van der Waals surface area contributed by atoms with Crippen LogP contribution in [-0.4, -0.2) is 41.8 Å². The van der Waals surface area contributed by atoms with Crippen LogP contribution in [0.1, 0.15) is 73.1 Å². The third-order valence-electron chi connectivity index (χ3n) is 5.06. The molecular formula is C19H36N2O2. The van der Waals surface area contributed by atoms with E-state index in [1.165, 1.54) is 38.5 Å². The Labute approximate surface area is 142 Å². The number of carbonyl (C=O) groups is 1. The van der Waals surface area contributed by atoms with Crippen LogP contribution in [0.15, 0.2) is 0 Å². The highest BCUT2D eigenvalue weighted by Crippen LogP contribution is 2.46. The fraction of sp³-hybridized carbons (Fsp3) is 0.947. The van der Waals surface area contributed by atoms with E-state index in [9.17, 15) is 4.79 Å². The zero-order valence-corrected chi connectivity index (χ0v) is 15.7. The van der Waals surface area contributed by atoms with Gasteiger partial charge in [-0.05, 0) is 46.0 Å². The van der Waals surface area contributed by atoms with E-state index in [1.54, 1.807) is 0 Å². The van der Waals surface area contributed by atoms with Crippen LogP contribution in [0.5, 0.6) is 0 Å². The Kier molecular flexibility index (Phi) is 6.35. The summed E-state index contributed by atoms with van der Waals surface area (Å²) in [6, 6.07) is 1.22. The van der Waals surface area contributed by atoms with Gasteiger partial charge >= 0.3 is 6.09 Å². The summed E-state index contributed by atoms with van der Waals surface area (Å²) in [5, 5.41) is 3.78. The first-order valence-corrected chi connectivity index (χ1v) is 9.55. The van der Waals surface area contributed by atoms with Gasteiger partial charge in [-0.3, -0.25) is 0 Å². The molecular weight excluding hydrogens is 288 g/mol. The van der Waals surface area contributed by atoms with Crippen LogP contribution >= 0.6 is 0 Å². The van der Waals surface area contributed by atoms with Gasteiger partial charge in [0.2, 0.25) is 0 Å².